The van der Waals surface area contributed by atoms with E-state index in [9.17, 15) is 13.6 Å². The van der Waals surface area contributed by atoms with Gasteiger partial charge in [-0.3, -0.25) is 13.8 Å². The molecule has 0 fully saturated rings. The summed E-state index contributed by atoms with van der Waals surface area (Å²) in [6.07, 6.45) is 0. The molecule has 5 nitrogen and oxygen atoms in total. The molecule has 0 aliphatic carbocycles. The molecule has 0 saturated carbocycles. The van der Waals surface area contributed by atoms with E-state index in [1.165, 1.54) is 28.5 Å². The van der Waals surface area contributed by atoms with Crippen LogP contribution in [0.5, 0.6) is 0 Å². The number of aromatic nitrogens is 4. The van der Waals surface area contributed by atoms with Crippen LogP contribution >= 0.6 is 11.8 Å². The summed E-state index contributed by atoms with van der Waals surface area (Å²) in [7, 11) is 1.62. The lowest BCUT2D eigenvalue weighted by atomic mass is 10.2. The van der Waals surface area contributed by atoms with Crippen LogP contribution in [0.25, 0.3) is 16.7 Å². The number of hydrogen-bond donors (Lipinski definition) is 0. The second kappa shape index (κ2) is 5.96. The molecule has 4 aromatic rings. The van der Waals surface area contributed by atoms with Crippen LogP contribution in [0.3, 0.4) is 0 Å². The minimum Gasteiger partial charge on any atom is -0.279 e. The first-order valence-corrected chi connectivity index (χ1v) is 8.45. The molecule has 0 atom stereocenters. The Morgan fingerprint density at radius 2 is 1.88 bits per heavy atom. The SMILES string of the molecule is Cn1c(=O)c2ccccc2n2c(SCc3cccc(F)c3F)nnc12. The topological polar surface area (TPSA) is 52.2 Å². The maximum Gasteiger partial charge on any atom is 0.262 e. The number of hydrogen-bond acceptors (Lipinski definition) is 4. The van der Waals surface area contributed by atoms with Gasteiger partial charge in [-0.05, 0) is 18.2 Å². The van der Waals surface area contributed by atoms with Crippen molar-refractivity contribution in [1.82, 2.24) is 19.2 Å². The normalized spacial score (nSPS) is 11.5. The van der Waals surface area contributed by atoms with Crippen LogP contribution in [0.1, 0.15) is 5.56 Å². The Morgan fingerprint density at radius 1 is 1.08 bits per heavy atom. The Labute approximate surface area is 144 Å². The zero-order chi connectivity index (χ0) is 17.6. The van der Waals surface area contributed by atoms with Crippen LogP contribution in [0, 0.1) is 11.6 Å². The molecule has 2 aromatic heterocycles. The van der Waals surface area contributed by atoms with Gasteiger partial charge < -0.3 is 0 Å². The quantitative estimate of drug-likeness (QED) is 0.528. The largest absolute Gasteiger partial charge is 0.279 e. The van der Waals surface area contributed by atoms with Crippen LogP contribution in [0.2, 0.25) is 0 Å². The molecule has 0 N–H and O–H groups in total. The minimum atomic E-state index is -0.878. The lowest BCUT2D eigenvalue weighted by molar-refractivity contribution is 0.502. The van der Waals surface area contributed by atoms with E-state index in [1.807, 2.05) is 6.07 Å². The molecule has 0 aliphatic rings. The number of thioether (sulfide) groups is 1. The molecule has 0 saturated heterocycles. The average molecular weight is 358 g/mol. The number of rotatable bonds is 3. The first-order valence-electron chi connectivity index (χ1n) is 7.46. The predicted octanol–water partition coefficient (Wildman–Crippen LogP) is 3.15. The lowest BCUT2D eigenvalue weighted by Gasteiger charge is -2.08. The van der Waals surface area contributed by atoms with Gasteiger partial charge in [0.1, 0.15) is 0 Å². The third-order valence-corrected chi connectivity index (χ3v) is 4.96. The van der Waals surface area contributed by atoms with Crippen molar-refractivity contribution in [3.05, 3.63) is 70.0 Å². The molecule has 8 heteroatoms. The zero-order valence-corrected chi connectivity index (χ0v) is 13.9. The zero-order valence-electron chi connectivity index (χ0n) is 13.1. The van der Waals surface area contributed by atoms with Gasteiger partial charge in [-0.15, -0.1) is 10.2 Å². The van der Waals surface area contributed by atoms with E-state index in [1.54, 1.807) is 29.6 Å². The Morgan fingerprint density at radius 3 is 2.72 bits per heavy atom. The molecule has 0 spiro atoms. The van der Waals surface area contributed by atoms with Gasteiger partial charge >= 0.3 is 0 Å². The van der Waals surface area contributed by atoms with Crippen molar-refractivity contribution in [3.63, 3.8) is 0 Å². The van der Waals surface area contributed by atoms with E-state index < -0.39 is 11.6 Å². The molecular weight excluding hydrogens is 346 g/mol. The van der Waals surface area contributed by atoms with Crippen LogP contribution in [0.4, 0.5) is 8.78 Å². The number of para-hydroxylation sites is 1. The van der Waals surface area contributed by atoms with Crippen molar-refractivity contribution in [2.45, 2.75) is 10.9 Å². The number of halogens is 2. The van der Waals surface area contributed by atoms with Gasteiger partial charge in [-0.25, -0.2) is 8.78 Å². The molecule has 0 unspecified atom stereocenters. The van der Waals surface area contributed by atoms with Crippen LogP contribution in [-0.4, -0.2) is 19.2 Å². The highest BCUT2D eigenvalue weighted by Gasteiger charge is 2.16. The monoisotopic (exact) mass is 358 g/mol. The Hall–Kier alpha value is -2.74. The van der Waals surface area contributed by atoms with Crippen LogP contribution in [0.15, 0.2) is 52.4 Å². The van der Waals surface area contributed by atoms with Crippen molar-refractivity contribution >= 4 is 28.4 Å². The predicted molar refractivity (Wildman–Crippen MR) is 91.7 cm³/mol. The Balaban J connectivity index is 1.83. The maximum atomic E-state index is 13.8. The Bertz CT molecular complexity index is 1170. The first-order chi connectivity index (χ1) is 12.1. The van der Waals surface area contributed by atoms with Gasteiger partial charge in [0.25, 0.3) is 5.56 Å². The fraction of sp³-hybridized carbons (Fsp3) is 0.118. The number of nitrogens with zero attached hydrogens (tertiary/aromatic N) is 4. The third-order valence-electron chi connectivity index (χ3n) is 3.98. The highest BCUT2D eigenvalue weighted by Crippen LogP contribution is 2.26. The molecule has 2 heterocycles. The summed E-state index contributed by atoms with van der Waals surface area (Å²) in [5.74, 6) is -1.15. The van der Waals surface area contributed by atoms with Gasteiger partial charge in [0.2, 0.25) is 5.78 Å². The minimum absolute atomic E-state index is 0.164. The van der Waals surface area contributed by atoms with Crippen molar-refractivity contribution in [3.8, 4) is 0 Å². The fourth-order valence-corrected chi connectivity index (χ4v) is 3.62. The summed E-state index contributed by atoms with van der Waals surface area (Å²) in [4.78, 5) is 12.4. The smallest absolute Gasteiger partial charge is 0.262 e. The summed E-state index contributed by atoms with van der Waals surface area (Å²) in [6, 6.07) is 11.2. The molecule has 2 aromatic carbocycles. The van der Waals surface area contributed by atoms with Crippen molar-refractivity contribution in [2.24, 2.45) is 7.05 Å². The molecule has 0 radical (unpaired) electrons. The first kappa shape index (κ1) is 15.8. The number of fused-ring (bicyclic) bond motifs is 3. The number of benzene rings is 2. The maximum absolute atomic E-state index is 13.8. The van der Waals surface area contributed by atoms with E-state index in [4.69, 9.17) is 0 Å². The lowest BCUT2D eigenvalue weighted by Crippen LogP contribution is -2.20. The fourth-order valence-electron chi connectivity index (χ4n) is 2.71. The summed E-state index contributed by atoms with van der Waals surface area (Å²) in [6.45, 7) is 0. The molecule has 25 heavy (non-hydrogen) atoms. The van der Waals surface area contributed by atoms with Gasteiger partial charge in [-0.2, -0.15) is 0 Å². The van der Waals surface area contributed by atoms with Crippen molar-refractivity contribution < 1.29 is 8.78 Å². The Kier molecular flexibility index (Phi) is 3.76. The van der Waals surface area contributed by atoms with E-state index in [0.717, 1.165) is 6.07 Å². The van der Waals surface area contributed by atoms with Gasteiger partial charge in [-0.1, -0.05) is 36.0 Å². The van der Waals surface area contributed by atoms with Crippen LogP contribution in [-0.2, 0) is 12.8 Å². The second-order valence-electron chi connectivity index (χ2n) is 5.50. The molecule has 4 rings (SSSR count). The molecule has 126 valence electrons. The average Bonchev–Trinajstić information content (AvgIpc) is 3.05. The highest BCUT2D eigenvalue weighted by molar-refractivity contribution is 7.98. The molecule has 0 aliphatic heterocycles. The van der Waals surface area contributed by atoms with Gasteiger partial charge in [0, 0.05) is 18.4 Å². The number of aryl methyl sites for hydroxylation is 1. The third kappa shape index (κ3) is 2.49. The molecule has 0 amide bonds. The van der Waals surface area contributed by atoms with E-state index in [0.29, 0.717) is 21.8 Å². The summed E-state index contributed by atoms with van der Waals surface area (Å²) in [5.41, 5.74) is 0.756. The van der Waals surface area contributed by atoms with Crippen molar-refractivity contribution in [1.29, 1.82) is 0 Å². The van der Waals surface area contributed by atoms with E-state index in [-0.39, 0.29) is 16.9 Å². The van der Waals surface area contributed by atoms with Crippen molar-refractivity contribution in [2.75, 3.05) is 0 Å². The molecular formula is C17H12F2N4OS. The van der Waals surface area contributed by atoms with Gasteiger partial charge in [0.05, 0.1) is 10.9 Å². The summed E-state index contributed by atoms with van der Waals surface area (Å²) < 4.78 is 30.4. The standard InChI is InChI=1S/C17H12F2N4OS/c1-22-15(24)11-6-2-3-8-13(11)23-16(22)20-21-17(23)25-9-10-5-4-7-12(18)14(10)19/h2-8H,9H2,1H3. The summed E-state index contributed by atoms with van der Waals surface area (Å²) >= 11 is 1.23. The second-order valence-corrected chi connectivity index (χ2v) is 6.44. The highest BCUT2D eigenvalue weighted by atomic mass is 32.2. The van der Waals surface area contributed by atoms with E-state index >= 15 is 0 Å². The van der Waals surface area contributed by atoms with Gasteiger partial charge in [0.15, 0.2) is 16.8 Å². The summed E-state index contributed by atoms with van der Waals surface area (Å²) in [5, 5.41) is 9.23. The van der Waals surface area contributed by atoms with Crippen LogP contribution < -0.4 is 5.56 Å². The van der Waals surface area contributed by atoms with E-state index in [2.05, 4.69) is 10.2 Å². The molecule has 0 bridgehead atoms.